The molecule has 3 heterocycles. The molecule has 142 valence electrons. The molecule has 6 heteroatoms. The fourth-order valence-corrected chi connectivity index (χ4v) is 4.31. The summed E-state index contributed by atoms with van der Waals surface area (Å²) in [4.78, 5) is 16.8. The van der Waals surface area contributed by atoms with Crippen LogP contribution in [-0.2, 0) is 10.4 Å². The number of carbonyl (C=O) groups is 1. The number of hydrogen-bond acceptors (Lipinski definition) is 5. The van der Waals surface area contributed by atoms with E-state index < -0.39 is 5.60 Å². The first-order valence-corrected chi connectivity index (χ1v) is 9.69. The number of fused-ring (bicyclic) bond motifs is 1. The van der Waals surface area contributed by atoms with Crippen LogP contribution in [0.25, 0.3) is 0 Å². The summed E-state index contributed by atoms with van der Waals surface area (Å²) in [7, 11) is 0. The zero-order valence-electron chi connectivity index (χ0n) is 15.4. The molecule has 0 unspecified atom stereocenters. The molecule has 0 aromatic heterocycles. The van der Waals surface area contributed by atoms with Crippen molar-refractivity contribution in [2.24, 2.45) is 0 Å². The van der Waals surface area contributed by atoms with E-state index in [0.717, 1.165) is 43.8 Å². The smallest absolute Gasteiger partial charge is 0.236 e. The van der Waals surface area contributed by atoms with Gasteiger partial charge in [-0.2, -0.15) is 0 Å². The standard InChI is InChI=1S/C20H28N2O4/c1-15-4-2-3-9-22(15)19(23)13-21-10-7-20(24,8-11-21)16-5-6-17-18(12-16)26-14-25-17/h5-6,12,15,24H,2-4,7-11,13-14H2,1H3/t15-/m0/s1. The molecular weight excluding hydrogens is 332 g/mol. The van der Waals surface area contributed by atoms with E-state index in [1.54, 1.807) is 0 Å². The van der Waals surface area contributed by atoms with Crippen LogP contribution in [0.15, 0.2) is 18.2 Å². The number of aliphatic hydroxyl groups is 1. The van der Waals surface area contributed by atoms with Crippen molar-refractivity contribution in [3.05, 3.63) is 23.8 Å². The van der Waals surface area contributed by atoms with Gasteiger partial charge in [-0.3, -0.25) is 9.69 Å². The van der Waals surface area contributed by atoms with Crippen molar-refractivity contribution in [2.75, 3.05) is 33.0 Å². The normalized spacial score (nSPS) is 25.3. The molecule has 1 amide bonds. The van der Waals surface area contributed by atoms with Gasteiger partial charge >= 0.3 is 0 Å². The third kappa shape index (κ3) is 3.40. The van der Waals surface area contributed by atoms with Gasteiger partial charge in [-0.25, -0.2) is 0 Å². The molecule has 0 saturated carbocycles. The monoisotopic (exact) mass is 360 g/mol. The quantitative estimate of drug-likeness (QED) is 0.894. The predicted octanol–water partition coefficient (Wildman–Crippen LogP) is 2.10. The highest BCUT2D eigenvalue weighted by Crippen LogP contribution is 2.39. The molecule has 0 aliphatic carbocycles. The summed E-state index contributed by atoms with van der Waals surface area (Å²) in [6, 6.07) is 6.03. The summed E-state index contributed by atoms with van der Waals surface area (Å²) < 4.78 is 10.8. The third-order valence-electron chi connectivity index (χ3n) is 6.08. The van der Waals surface area contributed by atoms with Crippen LogP contribution in [0.5, 0.6) is 11.5 Å². The van der Waals surface area contributed by atoms with E-state index >= 15 is 0 Å². The van der Waals surface area contributed by atoms with Crippen molar-refractivity contribution in [1.29, 1.82) is 0 Å². The second kappa shape index (κ2) is 7.08. The predicted molar refractivity (Wildman–Crippen MR) is 97.2 cm³/mol. The minimum absolute atomic E-state index is 0.228. The summed E-state index contributed by atoms with van der Waals surface area (Å²) in [5.74, 6) is 1.66. The molecule has 1 N–H and O–H groups in total. The topological polar surface area (TPSA) is 62.2 Å². The molecule has 3 aliphatic heterocycles. The average Bonchev–Trinajstić information content (AvgIpc) is 3.12. The molecule has 3 aliphatic rings. The Morgan fingerprint density at radius 3 is 2.73 bits per heavy atom. The largest absolute Gasteiger partial charge is 0.454 e. The lowest BCUT2D eigenvalue weighted by Crippen LogP contribution is -2.50. The minimum atomic E-state index is -0.862. The Hall–Kier alpha value is -1.79. The summed E-state index contributed by atoms with van der Waals surface area (Å²) >= 11 is 0. The zero-order chi connectivity index (χ0) is 18.1. The SMILES string of the molecule is C[C@H]1CCCCN1C(=O)CN1CCC(O)(c2ccc3c(c2)OCO3)CC1. The molecule has 0 radical (unpaired) electrons. The van der Waals surface area contributed by atoms with Gasteiger partial charge in [0.05, 0.1) is 12.1 Å². The van der Waals surface area contributed by atoms with Crippen LogP contribution in [-0.4, -0.2) is 59.8 Å². The molecular formula is C20H28N2O4. The summed E-state index contributed by atoms with van der Waals surface area (Å²) in [6.45, 7) is 5.17. The molecule has 26 heavy (non-hydrogen) atoms. The van der Waals surface area contributed by atoms with Crippen LogP contribution < -0.4 is 9.47 Å². The summed E-state index contributed by atoms with van der Waals surface area (Å²) in [6.07, 6.45) is 4.68. The Labute approximate surface area is 154 Å². The maximum Gasteiger partial charge on any atom is 0.236 e. The Morgan fingerprint density at radius 1 is 1.19 bits per heavy atom. The Kier molecular flexibility index (Phi) is 4.80. The van der Waals surface area contributed by atoms with Gasteiger partial charge in [0.25, 0.3) is 0 Å². The first-order chi connectivity index (χ1) is 12.5. The van der Waals surface area contributed by atoms with E-state index in [0.29, 0.717) is 31.2 Å². The van der Waals surface area contributed by atoms with Gasteiger partial charge in [0.2, 0.25) is 12.7 Å². The summed E-state index contributed by atoms with van der Waals surface area (Å²) in [5, 5.41) is 11.1. The minimum Gasteiger partial charge on any atom is -0.454 e. The number of nitrogens with zero attached hydrogens (tertiary/aromatic N) is 2. The maximum atomic E-state index is 12.6. The van der Waals surface area contributed by atoms with Crippen molar-refractivity contribution in [3.63, 3.8) is 0 Å². The molecule has 6 nitrogen and oxygen atoms in total. The zero-order valence-corrected chi connectivity index (χ0v) is 15.4. The van der Waals surface area contributed by atoms with E-state index in [4.69, 9.17) is 9.47 Å². The highest BCUT2D eigenvalue weighted by molar-refractivity contribution is 5.78. The van der Waals surface area contributed by atoms with E-state index in [-0.39, 0.29) is 12.7 Å². The number of piperidine rings is 2. The molecule has 2 fully saturated rings. The number of rotatable bonds is 3. The number of hydrogen-bond donors (Lipinski definition) is 1. The Bertz CT molecular complexity index is 670. The van der Waals surface area contributed by atoms with Gasteiger partial charge < -0.3 is 19.5 Å². The van der Waals surface area contributed by atoms with Crippen LogP contribution in [0.2, 0.25) is 0 Å². The maximum absolute atomic E-state index is 12.6. The van der Waals surface area contributed by atoms with Crippen molar-refractivity contribution >= 4 is 5.91 Å². The number of likely N-dealkylation sites (tertiary alicyclic amines) is 2. The number of benzene rings is 1. The lowest BCUT2D eigenvalue weighted by Gasteiger charge is -2.40. The van der Waals surface area contributed by atoms with E-state index in [1.165, 1.54) is 6.42 Å². The van der Waals surface area contributed by atoms with Gasteiger partial charge in [0.1, 0.15) is 0 Å². The van der Waals surface area contributed by atoms with Crippen molar-refractivity contribution in [3.8, 4) is 11.5 Å². The van der Waals surface area contributed by atoms with Crippen LogP contribution in [0, 0.1) is 0 Å². The third-order valence-corrected chi connectivity index (χ3v) is 6.08. The lowest BCUT2D eigenvalue weighted by molar-refractivity contribution is -0.137. The van der Waals surface area contributed by atoms with Gasteiger partial charge in [-0.05, 0) is 56.7 Å². The van der Waals surface area contributed by atoms with Crippen molar-refractivity contribution in [1.82, 2.24) is 9.80 Å². The highest BCUT2D eigenvalue weighted by Gasteiger charge is 2.36. The van der Waals surface area contributed by atoms with Gasteiger partial charge in [-0.1, -0.05) is 6.07 Å². The van der Waals surface area contributed by atoms with E-state index in [9.17, 15) is 9.90 Å². The van der Waals surface area contributed by atoms with Crippen molar-refractivity contribution in [2.45, 2.75) is 50.7 Å². The van der Waals surface area contributed by atoms with E-state index in [1.807, 2.05) is 23.1 Å². The van der Waals surface area contributed by atoms with Crippen LogP contribution in [0.4, 0.5) is 0 Å². The van der Waals surface area contributed by atoms with Gasteiger partial charge in [-0.15, -0.1) is 0 Å². The fourth-order valence-electron chi connectivity index (χ4n) is 4.31. The highest BCUT2D eigenvalue weighted by atomic mass is 16.7. The number of amides is 1. The molecule has 2 saturated heterocycles. The fraction of sp³-hybridized carbons (Fsp3) is 0.650. The summed E-state index contributed by atoms with van der Waals surface area (Å²) in [5.41, 5.74) is 0.0104. The van der Waals surface area contributed by atoms with Crippen molar-refractivity contribution < 1.29 is 19.4 Å². The van der Waals surface area contributed by atoms with E-state index in [2.05, 4.69) is 11.8 Å². The molecule has 0 bridgehead atoms. The Morgan fingerprint density at radius 2 is 1.96 bits per heavy atom. The average molecular weight is 360 g/mol. The number of ether oxygens (including phenoxy) is 2. The molecule has 1 atom stereocenters. The van der Waals surface area contributed by atoms with Crippen LogP contribution >= 0.6 is 0 Å². The molecule has 1 aromatic rings. The van der Waals surface area contributed by atoms with Crippen LogP contribution in [0.3, 0.4) is 0 Å². The van der Waals surface area contributed by atoms with Gasteiger partial charge in [0.15, 0.2) is 11.5 Å². The first kappa shape index (κ1) is 17.6. The lowest BCUT2D eigenvalue weighted by atomic mass is 9.84. The molecule has 4 rings (SSSR count). The second-order valence-electron chi connectivity index (χ2n) is 7.81. The van der Waals surface area contributed by atoms with Crippen LogP contribution in [0.1, 0.15) is 44.6 Å². The second-order valence-corrected chi connectivity index (χ2v) is 7.81. The Balaban J connectivity index is 1.35. The molecule has 1 aromatic carbocycles. The molecule has 0 spiro atoms. The number of carbonyl (C=O) groups excluding carboxylic acids is 1. The first-order valence-electron chi connectivity index (χ1n) is 9.69. The van der Waals surface area contributed by atoms with Gasteiger partial charge in [0, 0.05) is 25.7 Å².